The molecule has 2 rings (SSSR count). The molecule has 0 aromatic heterocycles. The zero-order valence-electron chi connectivity index (χ0n) is 9.18. The Hall–Kier alpha value is -0.0400. The minimum absolute atomic E-state index is 0.820. The summed E-state index contributed by atoms with van der Waals surface area (Å²) < 4.78 is 0. The molecule has 0 unspecified atom stereocenters. The van der Waals surface area contributed by atoms with Crippen molar-refractivity contribution in [1.29, 1.82) is 0 Å². The van der Waals surface area contributed by atoms with Crippen LogP contribution in [-0.4, -0.2) is 25.0 Å². The average molecular weight is 181 g/mol. The van der Waals surface area contributed by atoms with Crippen LogP contribution in [0.2, 0.25) is 0 Å². The highest BCUT2D eigenvalue weighted by Gasteiger charge is 2.42. The predicted molar refractivity (Wildman–Crippen MR) is 56.8 cm³/mol. The number of likely N-dealkylation sites (tertiary alicyclic amines) is 1. The van der Waals surface area contributed by atoms with Crippen LogP contribution in [-0.2, 0) is 0 Å². The molecular formula is C12H23N. The van der Waals surface area contributed by atoms with Crippen LogP contribution in [0.4, 0.5) is 0 Å². The fourth-order valence-corrected chi connectivity index (χ4v) is 2.76. The van der Waals surface area contributed by atoms with E-state index >= 15 is 0 Å². The Morgan fingerprint density at radius 1 is 1.23 bits per heavy atom. The van der Waals surface area contributed by atoms with Gasteiger partial charge in [0.1, 0.15) is 0 Å². The maximum absolute atomic E-state index is 2.47. The first-order valence-corrected chi connectivity index (χ1v) is 5.93. The third kappa shape index (κ3) is 2.25. The first-order valence-electron chi connectivity index (χ1n) is 5.93. The van der Waals surface area contributed by atoms with E-state index in [0.717, 1.165) is 11.3 Å². The molecule has 0 bridgehead atoms. The van der Waals surface area contributed by atoms with E-state index < -0.39 is 0 Å². The highest BCUT2D eigenvalue weighted by atomic mass is 15.1. The molecule has 0 spiro atoms. The number of rotatable bonds is 3. The summed E-state index contributed by atoms with van der Waals surface area (Å²) in [5.41, 5.74) is 0.820. The summed E-state index contributed by atoms with van der Waals surface area (Å²) in [7, 11) is 2.25. The molecule has 1 heterocycles. The van der Waals surface area contributed by atoms with Crippen molar-refractivity contribution in [3.63, 3.8) is 0 Å². The Labute approximate surface area is 82.5 Å². The van der Waals surface area contributed by atoms with Crippen molar-refractivity contribution in [3.8, 4) is 0 Å². The molecule has 1 aliphatic heterocycles. The van der Waals surface area contributed by atoms with Gasteiger partial charge in [0, 0.05) is 0 Å². The molecule has 1 heteroatoms. The standard InChI is InChI=1S/C12H23N/c1-3-12(6-7-12)10-11-4-8-13(2)9-5-11/h11H,3-10H2,1-2H3. The van der Waals surface area contributed by atoms with Gasteiger partial charge >= 0.3 is 0 Å². The van der Waals surface area contributed by atoms with Crippen molar-refractivity contribution in [3.05, 3.63) is 0 Å². The molecule has 1 nitrogen and oxygen atoms in total. The van der Waals surface area contributed by atoms with Crippen LogP contribution in [0.15, 0.2) is 0 Å². The van der Waals surface area contributed by atoms with E-state index in [-0.39, 0.29) is 0 Å². The molecule has 2 fully saturated rings. The van der Waals surface area contributed by atoms with E-state index in [2.05, 4.69) is 18.9 Å². The largest absolute Gasteiger partial charge is 0.306 e. The zero-order chi connectivity index (χ0) is 9.31. The fraction of sp³-hybridized carbons (Fsp3) is 1.00. The van der Waals surface area contributed by atoms with Crippen LogP contribution >= 0.6 is 0 Å². The molecule has 0 N–H and O–H groups in total. The lowest BCUT2D eigenvalue weighted by molar-refractivity contribution is 0.188. The van der Waals surface area contributed by atoms with Crippen molar-refractivity contribution in [2.45, 2.75) is 45.4 Å². The van der Waals surface area contributed by atoms with E-state index in [1.165, 1.54) is 51.6 Å². The smallest absolute Gasteiger partial charge is 0.00191 e. The molecule has 0 aromatic rings. The summed E-state index contributed by atoms with van der Waals surface area (Å²) in [6.45, 7) is 5.05. The van der Waals surface area contributed by atoms with Crippen molar-refractivity contribution in [2.24, 2.45) is 11.3 Å². The summed E-state index contributed by atoms with van der Waals surface area (Å²) in [5, 5.41) is 0. The second kappa shape index (κ2) is 3.61. The van der Waals surface area contributed by atoms with Gasteiger partial charge < -0.3 is 4.90 Å². The summed E-state index contributed by atoms with van der Waals surface area (Å²) in [5.74, 6) is 1.05. The van der Waals surface area contributed by atoms with Crippen LogP contribution in [0.3, 0.4) is 0 Å². The van der Waals surface area contributed by atoms with Crippen molar-refractivity contribution >= 4 is 0 Å². The number of hydrogen-bond donors (Lipinski definition) is 0. The Balaban J connectivity index is 1.76. The average Bonchev–Trinajstić information content (AvgIpc) is 2.90. The highest BCUT2D eigenvalue weighted by Crippen LogP contribution is 2.54. The van der Waals surface area contributed by atoms with Gasteiger partial charge in [0.2, 0.25) is 0 Å². The van der Waals surface area contributed by atoms with Crippen LogP contribution in [0.25, 0.3) is 0 Å². The molecule has 1 saturated heterocycles. The molecule has 76 valence electrons. The van der Waals surface area contributed by atoms with E-state index in [9.17, 15) is 0 Å². The van der Waals surface area contributed by atoms with E-state index in [1.807, 2.05) is 0 Å². The summed E-state index contributed by atoms with van der Waals surface area (Å²) in [6, 6.07) is 0. The Morgan fingerprint density at radius 3 is 2.31 bits per heavy atom. The number of piperidine rings is 1. The van der Waals surface area contributed by atoms with Crippen molar-refractivity contribution in [2.75, 3.05) is 20.1 Å². The fourth-order valence-electron chi connectivity index (χ4n) is 2.76. The Morgan fingerprint density at radius 2 is 1.85 bits per heavy atom. The van der Waals surface area contributed by atoms with Crippen molar-refractivity contribution in [1.82, 2.24) is 4.90 Å². The van der Waals surface area contributed by atoms with E-state index in [0.29, 0.717) is 0 Å². The van der Waals surface area contributed by atoms with Gasteiger partial charge in [-0.05, 0) is 63.6 Å². The zero-order valence-corrected chi connectivity index (χ0v) is 9.18. The molecule has 0 amide bonds. The first kappa shape index (κ1) is 9.51. The molecule has 1 saturated carbocycles. The van der Waals surface area contributed by atoms with Gasteiger partial charge in [0.25, 0.3) is 0 Å². The quantitative estimate of drug-likeness (QED) is 0.647. The van der Waals surface area contributed by atoms with E-state index in [4.69, 9.17) is 0 Å². The van der Waals surface area contributed by atoms with Crippen molar-refractivity contribution < 1.29 is 0 Å². The van der Waals surface area contributed by atoms with Gasteiger partial charge in [0.15, 0.2) is 0 Å². The number of hydrogen-bond acceptors (Lipinski definition) is 1. The van der Waals surface area contributed by atoms with Gasteiger partial charge in [-0.1, -0.05) is 13.3 Å². The van der Waals surface area contributed by atoms with Gasteiger partial charge in [-0.2, -0.15) is 0 Å². The summed E-state index contributed by atoms with van der Waals surface area (Å²) >= 11 is 0. The topological polar surface area (TPSA) is 3.24 Å². The predicted octanol–water partition coefficient (Wildman–Crippen LogP) is 2.91. The summed E-state index contributed by atoms with van der Waals surface area (Å²) in [4.78, 5) is 2.47. The van der Waals surface area contributed by atoms with Gasteiger partial charge in [-0.3, -0.25) is 0 Å². The third-order valence-corrected chi connectivity index (χ3v) is 4.27. The maximum atomic E-state index is 2.47. The lowest BCUT2D eigenvalue weighted by Gasteiger charge is -2.31. The van der Waals surface area contributed by atoms with Crippen LogP contribution in [0.5, 0.6) is 0 Å². The van der Waals surface area contributed by atoms with Crippen LogP contribution in [0.1, 0.15) is 45.4 Å². The lowest BCUT2D eigenvalue weighted by Crippen LogP contribution is -2.31. The summed E-state index contributed by atoms with van der Waals surface area (Å²) in [6.07, 6.45) is 8.93. The Kier molecular flexibility index (Phi) is 2.64. The van der Waals surface area contributed by atoms with Crippen LogP contribution in [0, 0.1) is 11.3 Å². The third-order valence-electron chi connectivity index (χ3n) is 4.27. The molecule has 0 radical (unpaired) electrons. The maximum Gasteiger partial charge on any atom is -0.00191 e. The van der Waals surface area contributed by atoms with Crippen LogP contribution < -0.4 is 0 Å². The second-order valence-corrected chi connectivity index (χ2v) is 5.30. The molecule has 13 heavy (non-hydrogen) atoms. The molecular weight excluding hydrogens is 158 g/mol. The van der Waals surface area contributed by atoms with E-state index in [1.54, 1.807) is 0 Å². The molecule has 0 atom stereocenters. The highest BCUT2D eigenvalue weighted by molar-refractivity contribution is 4.93. The SMILES string of the molecule is CCC1(CC2CCN(C)CC2)CC1. The second-order valence-electron chi connectivity index (χ2n) is 5.30. The molecule has 1 aliphatic carbocycles. The minimum atomic E-state index is 0.820. The monoisotopic (exact) mass is 181 g/mol. The molecule has 2 aliphatic rings. The Bertz CT molecular complexity index is 164. The minimum Gasteiger partial charge on any atom is -0.306 e. The normalized spacial score (nSPS) is 29.1. The lowest BCUT2D eigenvalue weighted by atomic mass is 9.84. The van der Waals surface area contributed by atoms with Gasteiger partial charge in [-0.25, -0.2) is 0 Å². The van der Waals surface area contributed by atoms with Gasteiger partial charge in [-0.15, -0.1) is 0 Å². The van der Waals surface area contributed by atoms with Gasteiger partial charge in [0.05, 0.1) is 0 Å². The molecule has 0 aromatic carbocycles. The number of nitrogens with zero attached hydrogens (tertiary/aromatic N) is 1. The first-order chi connectivity index (χ1) is 6.24.